The number of rotatable bonds is 2. The van der Waals surface area contributed by atoms with Crippen LogP contribution < -0.4 is 0 Å². The first-order chi connectivity index (χ1) is 7.61. The Morgan fingerprint density at radius 3 is 2.38 bits per heavy atom. The summed E-state index contributed by atoms with van der Waals surface area (Å²) in [6, 6.07) is 11.8. The Hall–Kier alpha value is -1.83. The number of hydrogen-bond acceptors (Lipinski definition) is 1. The molecule has 2 aromatic rings. The largest absolute Gasteiger partial charge is 0.481 e. The molecule has 2 nitrogen and oxygen atoms in total. The van der Waals surface area contributed by atoms with E-state index in [-0.39, 0.29) is 0 Å². The second-order valence-corrected chi connectivity index (χ2v) is 4.08. The molecule has 0 aliphatic rings. The predicted molar refractivity (Wildman–Crippen MR) is 64.7 cm³/mol. The Labute approximate surface area is 94.5 Å². The second kappa shape index (κ2) is 3.97. The predicted octanol–water partition coefficient (Wildman–Crippen LogP) is 3.34. The van der Waals surface area contributed by atoms with Crippen LogP contribution in [0.15, 0.2) is 36.4 Å². The molecule has 0 fully saturated rings. The lowest BCUT2D eigenvalue weighted by molar-refractivity contribution is -0.138. The Balaban J connectivity index is 2.72. The molecule has 1 atom stereocenters. The van der Waals surface area contributed by atoms with Crippen molar-refractivity contribution in [3.63, 3.8) is 0 Å². The maximum absolute atomic E-state index is 11.0. The van der Waals surface area contributed by atoms with Gasteiger partial charge in [0.1, 0.15) is 0 Å². The van der Waals surface area contributed by atoms with Crippen molar-refractivity contribution >= 4 is 16.7 Å². The SMILES string of the molecule is Cc1ccc([C@H](C)C(=O)O)c2ccccc12. The summed E-state index contributed by atoms with van der Waals surface area (Å²) in [4.78, 5) is 11.0. The summed E-state index contributed by atoms with van der Waals surface area (Å²) in [5.74, 6) is -1.25. The first-order valence-electron chi connectivity index (χ1n) is 5.32. The van der Waals surface area contributed by atoms with Crippen LogP contribution in [0.3, 0.4) is 0 Å². The molecule has 0 aromatic heterocycles. The average molecular weight is 214 g/mol. The Kier molecular flexibility index (Phi) is 2.65. The molecule has 0 radical (unpaired) electrons. The average Bonchev–Trinajstić information content (AvgIpc) is 2.29. The number of fused-ring (bicyclic) bond motifs is 1. The summed E-state index contributed by atoms with van der Waals surface area (Å²) in [5.41, 5.74) is 2.06. The van der Waals surface area contributed by atoms with Gasteiger partial charge in [0, 0.05) is 0 Å². The minimum Gasteiger partial charge on any atom is -0.481 e. The molecule has 0 spiro atoms. The van der Waals surface area contributed by atoms with Crippen molar-refractivity contribution in [3.05, 3.63) is 47.5 Å². The lowest BCUT2D eigenvalue weighted by atomic mass is 9.93. The van der Waals surface area contributed by atoms with Gasteiger partial charge in [-0.05, 0) is 35.7 Å². The monoisotopic (exact) mass is 214 g/mol. The van der Waals surface area contributed by atoms with E-state index in [1.165, 1.54) is 5.56 Å². The maximum atomic E-state index is 11.0. The summed E-state index contributed by atoms with van der Waals surface area (Å²) >= 11 is 0. The number of carboxylic acids is 1. The zero-order chi connectivity index (χ0) is 11.7. The number of aryl methyl sites for hydroxylation is 1. The van der Waals surface area contributed by atoms with Crippen LogP contribution in [0, 0.1) is 6.92 Å². The van der Waals surface area contributed by atoms with E-state index in [9.17, 15) is 4.79 Å². The van der Waals surface area contributed by atoms with Gasteiger partial charge in [-0.2, -0.15) is 0 Å². The number of benzene rings is 2. The molecule has 1 N–H and O–H groups in total. The van der Waals surface area contributed by atoms with Crippen LogP contribution in [0.1, 0.15) is 24.0 Å². The Morgan fingerprint density at radius 2 is 1.75 bits per heavy atom. The lowest BCUT2D eigenvalue weighted by Crippen LogP contribution is -2.08. The van der Waals surface area contributed by atoms with Crippen molar-refractivity contribution in [2.24, 2.45) is 0 Å². The maximum Gasteiger partial charge on any atom is 0.310 e. The minimum absolute atomic E-state index is 0.467. The number of carboxylic acid groups (broad SMARTS) is 1. The number of hydrogen-bond donors (Lipinski definition) is 1. The topological polar surface area (TPSA) is 37.3 Å². The summed E-state index contributed by atoms with van der Waals surface area (Å²) in [7, 11) is 0. The summed E-state index contributed by atoms with van der Waals surface area (Å²) in [6.07, 6.45) is 0. The van der Waals surface area contributed by atoms with E-state index < -0.39 is 11.9 Å². The van der Waals surface area contributed by atoms with Crippen molar-refractivity contribution in [1.29, 1.82) is 0 Å². The third-order valence-corrected chi connectivity index (χ3v) is 3.01. The van der Waals surface area contributed by atoms with Gasteiger partial charge in [0.15, 0.2) is 0 Å². The molecule has 0 heterocycles. The lowest BCUT2D eigenvalue weighted by Gasteiger charge is -2.12. The Morgan fingerprint density at radius 1 is 1.12 bits per heavy atom. The summed E-state index contributed by atoms with van der Waals surface area (Å²) < 4.78 is 0. The summed E-state index contributed by atoms with van der Waals surface area (Å²) in [5, 5.41) is 11.2. The summed E-state index contributed by atoms with van der Waals surface area (Å²) in [6.45, 7) is 3.76. The fraction of sp³-hybridized carbons (Fsp3) is 0.214. The molecule has 0 bridgehead atoms. The highest BCUT2D eigenvalue weighted by Gasteiger charge is 2.16. The first kappa shape index (κ1) is 10.7. The van der Waals surface area contributed by atoms with E-state index in [1.54, 1.807) is 6.92 Å². The van der Waals surface area contributed by atoms with Crippen molar-refractivity contribution in [3.8, 4) is 0 Å². The van der Waals surface area contributed by atoms with Gasteiger partial charge in [0.05, 0.1) is 5.92 Å². The van der Waals surface area contributed by atoms with Crippen LogP contribution >= 0.6 is 0 Å². The van der Waals surface area contributed by atoms with Crippen LogP contribution in [-0.2, 0) is 4.79 Å². The van der Waals surface area contributed by atoms with Gasteiger partial charge in [-0.3, -0.25) is 4.79 Å². The fourth-order valence-corrected chi connectivity index (χ4v) is 1.98. The number of aliphatic carboxylic acids is 1. The molecule has 2 aromatic carbocycles. The zero-order valence-corrected chi connectivity index (χ0v) is 9.40. The van der Waals surface area contributed by atoms with E-state index in [0.29, 0.717) is 0 Å². The Bertz CT molecular complexity index is 543. The molecular weight excluding hydrogens is 200 g/mol. The fourth-order valence-electron chi connectivity index (χ4n) is 1.98. The molecule has 0 saturated heterocycles. The second-order valence-electron chi connectivity index (χ2n) is 4.08. The quantitative estimate of drug-likeness (QED) is 0.832. The van der Waals surface area contributed by atoms with Gasteiger partial charge < -0.3 is 5.11 Å². The highest BCUT2D eigenvalue weighted by atomic mass is 16.4. The smallest absolute Gasteiger partial charge is 0.310 e. The molecular formula is C14H14O2. The van der Waals surface area contributed by atoms with Crippen LogP contribution in [0.2, 0.25) is 0 Å². The van der Waals surface area contributed by atoms with Gasteiger partial charge in [0.25, 0.3) is 0 Å². The third kappa shape index (κ3) is 1.67. The first-order valence-corrected chi connectivity index (χ1v) is 5.32. The van der Waals surface area contributed by atoms with Gasteiger partial charge in [-0.1, -0.05) is 36.4 Å². The van der Waals surface area contributed by atoms with E-state index >= 15 is 0 Å². The molecule has 82 valence electrons. The molecule has 0 saturated carbocycles. The highest BCUT2D eigenvalue weighted by molar-refractivity contribution is 5.92. The van der Waals surface area contributed by atoms with Crippen molar-refractivity contribution in [2.45, 2.75) is 19.8 Å². The van der Waals surface area contributed by atoms with Gasteiger partial charge in [0.2, 0.25) is 0 Å². The van der Waals surface area contributed by atoms with Gasteiger partial charge in [-0.25, -0.2) is 0 Å². The molecule has 2 rings (SSSR count). The minimum atomic E-state index is -0.783. The highest BCUT2D eigenvalue weighted by Crippen LogP contribution is 2.27. The van der Waals surface area contributed by atoms with Crippen molar-refractivity contribution in [1.82, 2.24) is 0 Å². The number of carbonyl (C=O) groups is 1. The van der Waals surface area contributed by atoms with Crippen molar-refractivity contribution in [2.75, 3.05) is 0 Å². The standard InChI is InChI=1S/C14H14O2/c1-9-7-8-12(10(2)14(15)16)13-6-4-3-5-11(9)13/h3-8,10H,1-2H3,(H,15,16)/t10-/m0/s1. The molecule has 0 aliphatic heterocycles. The van der Waals surface area contributed by atoms with Gasteiger partial charge in [-0.15, -0.1) is 0 Å². The van der Waals surface area contributed by atoms with Crippen molar-refractivity contribution < 1.29 is 9.90 Å². The normalized spacial score (nSPS) is 12.6. The van der Waals surface area contributed by atoms with Crippen LogP contribution in [0.4, 0.5) is 0 Å². The van der Waals surface area contributed by atoms with E-state index in [0.717, 1.165) is 16.3 Å². The molecule has 2 heteroatoms. The molecule has 0 amide bonds. The van der Waals surface area contributed by atoms with Crippen LogP contribution in [0.5, 0.6) is 0 Å². The van der Waals surface area contributed by atoms with E-state index in [1.807, 2.05) is 43.3 Å². The zero-order valence-electron chi connectivity index (χ0n) is 9.40. The van der Waals surface area contributed by atoms with Crippen LogP contribution in [0.25, 0.3) is 10.8 Å². The van der Waals surface area contributed by atoms with Gasteiger partial charge >= 0.3 is 5.97 Å². The van der Waals surface area contributed by atoms with Crippen LogP contribution in [-0.4, -0.2) is 11.1 Å². The van der Waals surface area contributed by atoms with E-state index in [2.05, 4.69) is 0 Å². The third-order valence-electron chi connectivity index (χ3n) is 3.01. The molecule has 16 heavy (non-hydrogen) atoms. The molecule has 0 aliphatic carbocycles. The van der Waals surface area contributed by atoms with E-state index in [4.69, 9.17) is 5.11 Å². The molecule has 0 unspecified atom stereocenters.